The summed E-state index contributed by atoms with van der Waals surface area (Å²) in [6, 6.07) is 56.8. The molecule has 3 aromatic heterocycles. The summed E-state index contributed by atoms with van der Waals surface area (Å²) in [6.45, 7) is 13.2. The van der Waals surface area contributed by atoms with E-state index in [0.29, 0.717) is 0 Å². The zero-order valence-corrected chi connectivity index (χ0v) is 38.3. The van der Waals surface area contributed by atoms with Gasteiger partial charge in [0.05, 0.1) is 0 Å². The minimum Gasteiger partial charge on any atom is -0.366 e. The Labute approximate surface area is 383 Å². The summed E-state index contributed by atoms with van der Waals surface area (Å²) in [5.41, 5.74) is 21.8. The number of para-hydroxylation sites is 1. The van der Waals surface area contributed by atoms with Gasteiger partial charge in [-0.2, -0.15) is 11.5 Å². The predicted molar refractivity (Wildman–Crippen MR) is 259 cm³/mol. The molecule has 2 aliphatic rings. The van der Waals surface area contributed by atoms with Gasteiger partial charge in [-0.15, -0.1) is 40.7 Å². The fraction of sp³-hybridized carbons (Fsp3) is 0.107. The van der Waals surface area contributed by atoms with E-state index in [2.05, 4.69) is 195 Å². The Balaban J connectivity index is 0.00000444. The van der Waals surface area contributed by atoms with E-state index < -0.39 is 0 Å². The van der Waals surface area contributed by atoms with Gasteiger partial charge in [-0.25, -0.2) is 4.98 Å². The molecule has 63 heavy (non-hydrogen) atoms. The molecule has 0 atom stereocenters. The largest absolute Gasteiger partial charge is 2.00 e. The summed E-state index contributed by atoms with van der Waals surface area (Å²) in [6.07, 6.45) is 3.80. The van der Waals surface area contributed by atoms with Gasteiger partial charge in [-0.05, 0) is 133 Å². The molecule has 2 aliphatic heterocycles. The van der Waals surface area contributed by atoms with Crippen molar-refractivity contribution in [1.82, 2.24) is 14.5 Å². The smallest absolute Gasteiger partial charge is 0.366 e. The molecule has 0 saturated heterocycles. The molecule has 304 valence electrons. The first-order chi connectivity index (χ1) is 30.2. The van der Waals surface area contributed by atoms with E-state index in [0.717, 1.165) is 77.9 Å². The summed E-state index contributed by atoms with van der Waals surface area (Å²) in [7, 11) is 0. The van der Waals surface area contributed by atoms with Crippen molar-refractivity contribution in [2.45, 2.75) is 41.5 Å². The first-order valence-corrected chi connectivity index (χ1v) is 21.4. The molecule has 12 rings (SSSR count). The molecule has 5 heterocycles. The van der Waals surface area contributed by atoms with E-state index in [-0.39, 0.29) is 27.8 Å². The third-order valence-electron chi connectivity index (χ3n) is 13.1. The van der Waals surface area contributed by atoms with Crippen LogP contribution in [0.1, 0.15) is 33.4 Å². The fourth-order valence-corrected chi connectivity index (χ4v) is 10.9. The van der Waals surface area contributed by atoms with Gasteiger partial charge >= 0.3 is 21.1 Å². The number of benzene rings is 7. The Hall–Kier alpha value is -6.75. The molecule has 0 radical (unpaired) electrons. The van der Waals surface area contributed by atoms with E-state index >= 15 is 0 Å². The number of hydrogen-bond acceptors (Lipinski definition) is 4. The zero-order valence-electron chi connectivity index (χ0n) is 36.0. The van der Waals surface area contributed by atoms with Crippen molar-refractivity contribution in [2.75, 3.05) is 9.80 Å². The molecule has 7 aromatic carbocycles. The molecule has 7 heteroatoms. The van der Waals surface area contributed by atoms with Crippen LogP contribution >= 0.6 is 0 Å². The Morgan fingerprint density at radius 3 is 1.79 bits per heavy atom. The molecule has 0 spiro atoms. The van der Waals surface area contributed by atoms with Crippen LogP contribution in [-0.4, -0.2) is 21.2 Å². The zero-order chi connectivity index (χ0) is 42.0. The molecule has 5 nitrogen and oxygen atoms in total. The minimum atomic E-state index is -0.203. The fourth-order valence-electron chi connectivity index (χ4n) is 10.9. The van der Waals surface area contributed by atoms with Crippen LogP contribution < -0.4 is 26.2 Å². The van der Waals surface area contributed by atoms with Crippen LogP contribution in [0.3, 0.4) is 0 Å². The summed E-state index contributed by atoms with van der Waals surface area (Å²) < 4.78 is 2.29. The number of nitrogens with zero attached hydrogens (tertiary/aromatic N) is 5. The molecule has 0 fully saturated rings. The van der Waals surface area contributed by atoms with Crippen molar-refractivity contribution < 1.29 is 21.1 Å². The monoisotopic (exact) mass is 990 g/mol. The van der Waals surface area contributed by atoms with Gasteiger partial charge < -0.3 is 19.4 Å². The minimum absolute atomic E-state index is 0. The molecule has 0 unspecified atom stereocenters. The predicted octanol–water partition coefficient (Wildman–Crippen LogP) is 11.9. The third kappa shape index (κ3) is 5.81. The van der Waals surface area contributed by atoms with Crippen molar-refractivity contribution >= 4 is 89.8 Å². The maximum atomic E-state index is 5.03. The average molecular weight is 991 g/mol. The Morgan fingerprint density at radius 2 is 1.11 bits per heavy atom. The first-order valence-electron chi connectivity index (χ1n) is 21.4. The van der Waals surface area contributed by atoms with Gasteiger partial charge in [0.2, 0.25) is 6.71 Å². The SMILES string of the molecule is Cc1cc(C)c(N2c3ccc(-c4nccc5ccccc45)[c-]c3B3c4[c-]c5c(cc4N(c4c(C)cc(C)cc4C)c4cccc2c43)c2ccccc2n5-c2ccccn2)c(C)c1.[Pt+2]. The van der Waals surface area contributed by atoms with E-state index in [4.69, 9.17) is 9.97 Å². The van der Waals surface area contributed by atoms with Crippen molar-refractivity contribution in [1.29, 1.82) is 0 Å². The van der Waals surface area contributed by atoms with Crippen LogP contribution in [0.2, 0.25) is 0 Å². The van der Waals surface area contributed by atoms with E-state index in [9.17, 15) is 0 Å². The summed E-state index contributed by atoms with van der Waals surface area (Å²) in [5, 5.41) is 4.57. The van der Waals surface area contributed by atoms with Crippen LogP contribution in [0.4, 0.5) is 34.1 Å². The Morgan fingerprint density at radius 1 is 0.492 bits per heavy atom. The second-order valence-electron chi connectivity index (χ2n) is 17.2. The van der Waals surface area contributed by atoms with Gasteiger partial charge in [0.1, 0.15) is 5.82 Å². The maximum absolute atomic E-state index is 5.03. The molecule has 0 saturated carbocycles. The molecule has 0 N–H and O–H groups in total. The standard InChI is InChI=1S/C56H42BN5.Pt/c1-33-26-35(3)55(36(4)27-33)61-47-22-21-40(54-41-15-8-7-14-39(41)23-25-59-54)30-44(47)57-45-32-50-43(42-16-9-10-17-46(42)60(50)52-20-11-12-24-58-52)31-51(45)62(49-19-13-18-48(61)53(49)57)56-37(5)28-34(2)29-38(56)6;/h7-29,31H,1-6H3;/q-2;+2. The van der Waals surface area contributed by atoms with Gasteiger partial charge in [-0.1, -0.05) is 101 Å². The second kappa shape index (κ2) is 14.7. The molecule has 0 aliphatic carbocycles. The van der Waals surface area contributed by atoms with Crippen LogP contribution in [0, 0.1) is 53.7 Å². The van der Waals surface area contributed by atoms with Crippen LogP contribution in [0.5, 0.6) is 0 Å². The van der Waals surface area contributed by atoms with Gasteiger partial charge in [0.15, 0.2) is 0 Å². The molecule has 10 aromatic rings. The maximum Gasteiger partial charge on any atom is 2.00 e. The molecule has 0 bridgehead atoms. The Bertz CT molecular complexity index is 3470. The van der Waals surface area contributed by atoms with E-state index in [1.165, 1.54) is 55.6 Å². The first kappa shape index (κ1) is 39.1. The van der Waals surface area contributed by atoms with Crippen molar-refractivity contribution in [3.8, 4) is 17.1 Å². The van der Waals surface area contributed by atoms with Crippen molar-refractivity contribution in [2.24, 2.45) is 0 Å². The number of aromatic nitrogens is 3. The number of fused-ring (bicyclic) bond motifs is 8. The third-order valence-corrected chi connectivity index (χ3v) is 13.1. The summed E-state index contributed by atoms with van der Waals surface area (Å²) >= 11 is 0. The van der Waals surface area contributed by atoms with Gasteiger partial charge in [0, 0.05) is 40.7 Å². The number of rotatable bonds is 4. The number of hydrogen-bond donors (Lipinski definition) is 0. The normalized spacial score (nSPS) is 12.7. The van der Waals surface area contributed by atoms with Crippen molar-refractivity contribution in [3.63, 3.8) is 0 Å². The topological polar surface area (TPSA) is 37.2 Å². The Kier molecular flexibility index (Phi) is 9.12. The van der Waals surface area contributed by atoms with Crippen LogP contribution in [-0.2, 0) is 21.1 Å². The van der Waals surface area contributed by atoms with E-state index in [1.807, 2.05) is 18.5 Å². The van der Waals surface area contributed by atoms with Gasteiger partial charge in [-0.3, -0.25) is 0 Å². The van der Waals surface area contributed by atoms with Crippen LogP contribution in [0.25, 0.3) is 49.7 Å². The van der Waals surface area contributed by atoms with Gasteiger partial charge in [0.25, 0.3) is 0 Å². The van der Waals surface area contributed by atoms with Crippen molar-refractivity contribution in [3.05, 3.63) is 191 Å². The van der Waals surface area contributed by atoms with E-state index in [1.54, 1.807) is 0 Å². The molecular weight excluding hydrogens is 949 g/mol. The summed E-state index contributed by atoms with van der Waals surface area (Å²) in [4.78, 5) is 15.0. The number of aryl methyl sites for hydroxylation is 6. The molecular formula is C56H42BN5Pt. The molecule has 0 amide bonds. The quantitative estimate of drug-likeness (QED) is 0.130. The summed E-state index contributed by atoms with van der Waals surface area (Å²) in [5.74, 6) is 0.866. The number of anilines is 6. The second-order valence-corrected chi connectivity index (χ2v) is 17.2. The number of pyridine rings is 2. The average Bonchev–Trinajstić information content (AvgIpc) is 3.59. The van der Waals surface area contributed by atoms with Crippen LogP contribution in [0.15, 0.2) is 146 Å².